The van der Waals surface area contributed by atoms with E-state index in [4.69, 9.17) is 4.42 Å². The van der Waals surface area contributed by atoms with E-state index in [9.17, 15) is 22.8 Å². The zero-order chi connectivity index (χ0) is 32.0. The van der Waals surface area contributed by atoms with Crippen LogP contribution in [0.5, 0.6) is 0 Å². The van der Waals surface area contributed by atoms with E-state index in [-0.39, 0.29) is 35.8 Å². The molecule has 1 saturated heterocycles. The Bertz CT molecular complexity index is 1990. The topological polar surface area (TPSA) is 129 Å². The van der Waals surface area contributed by atoms with Crippen LogP contribution in [-0.2, 0) is 14.8 Å². The molecule has 45 heavy (non-hydrogen) atoms. The molecule has 0 radical (unpaired) electrons. The number of amides is 2. The van der Waals surface area contributed by atoms with Crippen molar-refractivity contribution in [3.63, 3.8) is 0 Å². The van der Waals surface area contributed by atoms with Crippen LogP contribution in [0, 0.1) is 6.92 Å². The van der Waals surface area contributed by atoms with Crippen molar-refractivity contribution in [3.8, 4) is 11.3 Å². The second-order valence-corrected chi connectivity index (χ2v) is 13.6. The molecule has 3 aromatic carbocycles. The number of nitrogens with one attached hydrogen (secondary N) is 1. The molecular formula is C34H34N4O6S. The van der Waals surface area contributed by atoms with Crippen LogP contribution in [0.1, 0.15) is 56.2 Å². The summed E-state index contributed by atoms with van der Waals surface area (Å²) >= 11 is 0. The fraction of sp³-hybridized carbons (Fsp3) is 0.294. The Morgan fingerprint density at radius 1 is 1.07 bits per heavy atom. The number of ketones is 1. The second-order valence-electron chi connectivity index (χ2n) is 11.6. The Hall–Kier alpha value is -4.77. The van der Waals surface area contributed by atoms with Gasteiger partial charge >= 0.3 is 0 Å². The number of carbonyl (C=O) groups excluding carboxylic acids is 3. The summed E-state index contributed by atoms with van der Waals surface area (Å²) < 4.78 is 33.2. The minimum Gasteiger partial charge on any atom is -0.455 e. The number of hydrogen-bond donors (Lipinski definition) is 1. The number of piperidine rings is 1. The lowest BCUT2D eigenvalue weighted by Gasteiger charge is -2.35. The summed E-state index contributed by atoms with van der Waals surface area (Å²) in [5.41, 5.74) is 4.88. The van der Waals surface area contributed by atoms with Gasteiger partial charge in [0, 0.05) is 61.2 Å². The van der Waals surface area contributed by atoms with Gasteiger partial charge in [-0.15, -0.1) is 0 Å². The predicted molar refractivity (Wildman–Crippen MR) is 174 cm³/mol. The number of nitrogens with zero attached hydrogens (tertiary/aromatic N) is 3. The normalized spacial score (nSPS) is 16.7. The van der Waals surface area contributed by atoms with Gasteiger partial charge in [-0.05, 0) is 31.4 Å². The van der Waals surface area contributed by atoms with Gasteiger partial charge in [-0.3, -0.25) is 23.7 Å². The highest BCUT2D eigenvalue weighted by Crippen LogP contribution is 2.42. The van der Waals surface area contributed by atoms with Gasteiger partial charge in [-0.1, -0.05) is 54.1 Å². The van der Waals surface area contributed by atoms with Gasteiger partial charge in [0.15, 0.2) is 5.78 Å². The number of aliphatic imine (C=N–C) groups is 1. The number of carbonyl (C=O) groups is 3. The lowest BCUT2D eigenvalue weighted by molar-refractivity contribution is -0.125. The number of sulfonamides is 1. The molecule has 11 heteroatoms. The number of aryl methyl sites for hydroxylation is 1. The highest BCUT2D eigenvalue weighted by Gasteiger charge is 2.34. The maximum absolute atomic E-state index is 13.9. The molecule has 0 saturated carbocycles. The fourth-order valence-corrected chi connectivity index (χ4v) is 6.70. The molecule has 10 nitrogen and oxygen atoms in total. The van der Waals surface area contributed by atoms with Crippen molar-refractivity contribution < 1.29 is 27.2 Å². The third-order valence-electron chi connectivity index (χ3n) is 8.66. The van der Waals surface area contributed by atoms with E-state index >= 15 is 0 Å². The first-order valence-electron chi connectivity index (χ1n) is 14.8. The summed E-state index contributed by atoms with van der Waals surface area (Å²) in [6.45, 7) is 2.69. The average Bonchev–Trinajstić information content (AvgIpc) is 3.42. The van der Waals surface area contributed by atoms with E-state index in [2.05, 4.69) is 10.3 Å². The van der Waals surface area contributed by atoms with E-state index in [1.165, 1.54) is 11.4 Å². The molecular weight excluding hydrogens is 592 g/mol. The minimum absolute atomic E-state index is 0.0819. The van der Waals surface area contributed by atoms with Crippen LogP contribution >= 0.6 is 0 Å². The van der Waals surface area contributed by atoms with Gasteiger partial charge in [0.2, 0.25) is 10.0 Å². The first kappa shape index (κ1) is 30.3. The molecule has 0 unspecified atom stereocenters. The Morgan fingerprint density at radius 3 is 2.47 bits per heavy atom. The molecule has 1 aromatic heterocycles. The molecule has 1 atom stereocenters. The molecule has 6 rings (SSSR count). The molecule has 2 aliphatic heterocycles. The van der Waals surface area contributed by atoms with Gasteiger partial charge in [0.1, 0.15) is 23.6 Å². The van der Waals surface area contributed by atoms with Crippen molar-refractivity contribution in [1.29, 1.82) is 0 Å². The fourth-order valence-electron chi connectivity index (χ4n) is 6.19. The molecule has 0 bridgehead atoms. The number of likely N-dealkylation sites (tertiary alicyclic amines) is 1. The summed E-state index contributed by atoms with van der Waals surface area (Å²) in [6.07, 6.45) is 2.50. The van der Waals surface area contributed by atoms with Gasteiger partial charge < -0.3 is 14.6 Å². The zero-order valence-electron chi connectivity index (χ0n) is 25.6. The molecule has 0 spiro atoms. The molecule has 2 amide bonds. The number of furan rings is 1. The standard InChI is InChI=1S/C34H34N4O6S/c1-20-11-13-21(14-12-20)32-30(33(40)35-2)26-16-25(27(17-29(26)44-32)37(3)45(4,42)43)22-8-7-15-38(19-22)34(41)31-24-10-6-5-9-23(24)28(39)18-36-31/h5-6,9-14,16-17,22H,7-8,15,18-19H2,1-4H3,(H,35,40)/t22-/m0/s1. The maximum atomic E-state index is 13.9. The van der Waals surface area contributed by atoms with Gasteiger partial charge in [-0.25, -0.2) is 8.42 Å². The third kappa shape index (κ3) is 5.52. The smallest absolute Gasteiger partial charge is 0.272 e. The Kier molecular flexibility index (Phi) is 7.82. The highest BCUT2D eigenvalue weighted by molar-refractivity contribution is 7.92. The first-order valence-corrected chi connectivity index (χ1v) is 16.6. The summed E-state index contributed by atoms with van der Waals surface area (Å²) in [5.74, 6) is -0.586. The number of rotatable bonds is 6. The Morgan fingerprint density at radius 2 is 1.78 bits per heavy atom. The summed E-state index contributed by atoms with van der Waals surface area (Å²) in [6, 6.07) is 18.1. The van der Waals surface area contributed by atoms with Crippen molar-refractivity contribution in [2.24, 2.45) is 4.99 Å². The highest BCUT2D eigenvalue weighted by atomic mass is 32.2. The van der Waals surface area contributed by atoms with Crippen molar-refractivity contribution >= 4 is 50.0 Å². The molecule has 1 N–H and O–H groups in total. The summed E-state index contributed by atoms with van der Waals surface area (Å²) in [5, 5.41) is 3.27. The monoisotopic (exact) mass is 626 g/mol. The van der Waals surface area contributed by atoms with Crippen LogP contribution in [0.3, 0.4) is 0 Å². The molecule has 4 aromatic rings. The minimum atomic E-state index is -3.67. The predicted octanol–water partition coefficient (Wildman–Crippen LogP) is 4.56. The van der Waals surface area contributed by atoms with E-state index in [1.807, 2.05) is 37.3 Å². The lowest BCUT2D eigenvalue weighted by Crippen LogP contribution is -2.44. The zero-order valence-corrected chi connectivity index (χ0v) is 26.4. The SMILES string of the molecule is CNC(=O)c1c(-c2ccc(C)cc2)oc2cc(N(C)S(C)(=O)=O)c([C@H]3CCCN(C(=O)C4=NCC(=O)c5ccccc54)C3)cc12. The van der Waals surface area contributed by atoms with Crippen molar-refractivity contribution in [1.82, 2.24) is 10.2 Å². The second kappa shape index (κ2) is 11.6. The number of fused-ring (bicyclic) bond motifs is 2. The molecule has 1 fully saturated rings. The molecule has 2 aliphatic rings. The molecule has 3 heterocycles. The quantitative estimate of drug-likeness (QED) is 0.334. The van der Waals surface area contributed by atoms with Crippen LogP contribution in [0.4, 0.5) is 5.69 Å². The first-order chi connectivity index (χ1) is 21.5. The summed E-state index contributed by atoms with van der Waals surface area (Å²) in [7, 11) is -0.633. The lowest BCUT2D eigenvalue weighted by atomic mass is 9.87. The number of benzene rings is 3. The van der Waals surface area contributed by atoms with Gasteiger partial charge in [-0.2, -0.15) is 0 Å². The van der Waals surface area contributed by atoms with Crippen LogP contribution in [0.25, 0.3) is 22.3 Å². The Labute approximate surface area is 261 Å². The van der Waals surface area contributed by atoms with Crippen molar-refractivity contribution in [2.45, 2.75) is 25.7 Å². The molecule has 0 aliphatic carbocycles. The number of hydrogen-bond acceptors (Lipinski definition) is 7. The van der Waals surface area contributed by atoms with Crippen molar-refractivity contribution in [3.05, 3.63) is 88.5 Å². The van der Waals surface area contributed by atoms with Gasteiger partial charge in [0.05, 0.1) is 17.5 Å². The van der Waals surface area contributed by atoms with Crippen LogP contribution in [0.15, 0.2) is 70.1 Å². The average molecular weight is 627 g/mol. The van der Waals surface area contributed by atoms with Crippen molar-refractivity contribution in [2.75, 3.05) is 44.3 Å². The summed E-state index contributed by atoms with van der Waals surface area (Å²) in [4.78, 5) is 45.7. The van der Waals surface area contributed by atoms with Crippen LogP contribution in [-0.4, -0.2) is 76.6 Å². The van der Waals surface area contributed by atoms with E-state index in [0.717, 1.165) is 17.4 Å². The van der Waals surface area contributed by atoms with E-state index in [0.29, 0.717) is 70.6 Å². The van der Waals surface area contributed by atoms with Crippen LogP contribution < -0.4 is 9.62 Å². The van der Waals surface area contributed by atoms with E-state index in [1.54, 1.807) is 42.3 Å². The van der Waals surface area contributed by atoms with Gasteiger partial charge in [0.25, 0.3) is 11.8 Å². The van der Waals surface area contributed by atoms with Crippen LogP contribution in [0.2, 0.25) is 0 Å². The van der Waals surface area contributed by atoms with E-state index < -0.39 is 10.0 Å². The number of anilines is 1. The number of Topliss-reactive ketones (excluding diaryl/α,β-unsaturated/α-hetero) is 1. The third-order valence-corrected chi connectivity index (χ3v) is 9.85. The maximum Gasteiger partial charge on any atom is 0.272 e. The largest absolute Gasteiger partial charge is 0.455 e. The Balaban J connectivity index is 1.45. The molecule has 232 valence electrons.